The molecule has 1 aliphatic rings. The maximum Gasteiger partial charge on any atom is 0.304 e. The molecule has 1 saturated heterocycles. The average molecular weight is 311 g/mol. The number of nitrogens with zero attached hydrogens (tertiary/aromatic N) is 1. The summed E-state index contributed by atoms with van der Waals surface area (Å²) in [5, 5.41) is 4.52. The summed E-state index contributed by atoms with van der Waals surface area (Å²) in [7, 11) is 0. The topological polar surface area (TPSA) is 82.3 Å². The third-order valence-corrected chi connectivity index (χ3v) is 4.38. The Hall–Kier alpha value is -1.63. The van der Waals surface area contributed by atoms with Crippen LogP contribution in [0.1, 0.15) is 33.4 Å². The third kappa shape index (κ3) is 3.18. The Kier molecular flexibility index (Phi) is 4.51. The van der Waals surface area contributed by atoms with E-state index in [1.165, 1.54) is 0 Å². The first kappa shape index (κ1) is 15.8. The zero-order valence-corrected chi connectivity index (χ0v) is 13.5. The summed E-state index contributed by atoms with van der Waals surface area (Å²) in [4.78, 5) is 40.4. The van der Waals surface area contributed by atoms with E-state index in [1.807, 2.05) is 27.7 Å². The van der Waals surface area contributed by atoms with Crippen LogP contribution in [-0.2, 0) is 16.1 Å². The Bertz CT molecular complexity index is 590. The lowest BCUT2D eigenvalue weighted by atomic mass is 9.93. The molecule has 2 amide bonds. The zero-order valence-electron chi connectivity index (χ0n) is 12.7. The smallest absolute Gasteiger partial charge is 0.304 e. The van der Waals surface area contributed by atoms with E-state index in [1.54, 1.807) is 10.3 Å². The van der Waals surface area contributed by atoms with Gasteiger partial charge in [-0.25, -0.2) is 0 Å². The van der Waals surface area contributed by atoms with Crippen molar-refractivity contribution in [3.63, 3.8) is 0 Å². The number of rotatable bonds is 4. The largest absolute Gasteiger partial charge is 0.342 e. The Morgan fingerprint density at radius 2 is 1.86 bits per heavy atom. The van der Waals surface area contributed by atoms with Gasteiger partial charge in [-0.05, 0) is 11.8 Å². The second-order valence-corrected chi connectivity index (χ2v) is 6.90. The van der Waals surface area contributed by atoms with Crippen molar-refractivity contribution in [2.45, 2.75) is 46.3 Å². The van der Waals surface area contributed by atoms with Gasteiger partial charge in [-0.2, -0.15) is 0 Å². The van der Waals surface area contributed by atoms with Gasteiger partial charge in [0.2, 0.25) is 11.8 Å². The molecule has 2 heterocycles. The van der Waals surface area contributed by atoms with Crippen molar-refractivity contribution < 1.29 is 9.59 Å². The molecule has 21 heavy (non-hydrogen) atoms. The predicted octanol–water partition coefficient (Wildman–Crippen LogP) is 0.944. The minimum atomic E-state index is -0.504. The van der Waals surface area contributed by atoms with E-state index in [2.05, 4.69) is 10.3 Å². The molecule has 2 N–H and O–H groups in total. The monoisotopic (exact) mass is 311 g/mol. The van der Waals surface area contributed by atoms with E-state index >= 15 is 0 Å². The van der Waals surface area contributed by atoms with Crippen molar-refractivity contribution in [3.05, 3.63) is 20.7 Å². The highest BCUT2D eigenvalue weighted by Gasteiger charge is 2.42. The highest BCUT2D eigenvalue weighted by molar-refractivity contribution is 7.07. The summed E-state index contributed by atoms with van der Waals surface area (Å²) >= 11 is 1.06. The Morgan fingerprint density at radius 3 is 2.33 bits per heavy atom. The van der Waals surface area contributed by atoms with Crippen molar-refractivity contribution >= 4 is 23.2 Å². The van der Waals surface area contributed by atoms with Crippen LogP contribution in [0.3, 0.4) is 0 Å². The molecule has 1 aromatic heterocycles. The SMILES string of the molecule is CC(C)C1NC(=O)C(C(C)C)N(Cc2csc(=O)[nH]2)C1=O. The number of carbonyl (C=O) groups is 2. The highest BCUT2D eigenvalue weighted by atomic mass is 32.1. The maximum atomic E-state index is 12.7. The first-order valence-corrected chi connectivity index (χ1v) is 7.96. The minimum Gasteiger partial charge on any atom is -0.342 e. The number of nitrogens with one attached hydrogen (secondary N) is 2. The van der Waals surface area contributed by atoms with Crippen molar-refractivity contribution in [1.82, 2.24) is 15.2 Å². The molecule has 2 atom stereocenters. The van der Waals surface area contributed by atoms with Crippen LogP contribution in [0.2, 0.25) is 0 Å². The van der Waals surface area contributed by atoms with E-state index in [-0.39, 0.29) is 35.1 Å². The van der Waals surface area contributed by atoms with Gasteiger partial charge in [-0.15, -0.1) is 0 Å². The summed E-state index contributed by atoms with van der Waals surface area (Å²) in [6.45, 7) is 7.90. The number of hydrogen-bond donors (Lipinski definition) is 2. The fourth-order valence-electron chi connectivity index (χ4n) is 2.62. The van der Waals surface area contributed by atoms with E-state index < -0.39 is 12.1 Å². The second-order valence-electron chi connectivity index (χ2n) is 6.06. The van der Waals surface area contributed by atoms with Crippen molar-refractivity contribution in [2.75, 3.05) is 0 Å². The Morgan fingerprint density at radius 1 is 1.19 bits per heavy atom. The van der Waals surface area contributed by atoms with Crippen LogP contribution in [0.25, 0.3) is 0 Å². The van der Waals surface area contributed by atoms with Gasteiger partial charge >= 0.3 is 4.87 Å². The molecule has 2 unspecified atom stereocenters. The van der Waals surface area contributed by atoms with Gasteiger partial charge in [0.1, 0.15) is 12.1 Å². The molecular weight excluding hydrogens is 290 g/mol. The Balaban J connectivity index is 2.31. The lowest BCUT2D eigenvalue weighted by Crippen LogP contribution is -2.65. The quantitative estimate of drug-likeness (QED) is 0.868. The van der Waals surface area contributed by atoms with Gasteiger partial charge in [0.15, 0.2) is 0 Å². The van der Waals surface area contributed by atoms with Crippen LogP contribution in [0.5, 0.6) is 0 Å². The molecule has 0 spiro atoms. The molecule has 1 aliphatic heterocycles. The van der Waals surface area contributed by atoms with Crippen molar-refractivity contribution in [3.8, 4) is 0 Å². The lowest BCUT2D eigenvalue weighted by Gasteiger charge is -2.41. The molecule has 0 aliphatic carbocycles. The highest BCUT2D eigenvalue weighted by Crippen LogP contribution is 2.22. The van der Waals surface area contributed by atoms with Crippen LogP contribution in [0, 0.1) is 11.8 Å². The Labute approximate surface area is 127 Å². The normalized spacial score (nSPS) is 23.0. The number of piperazine rings is 1. The van der Waals surface area contributed by atoms with Gasteiger partial charge in [0, 0.05) is 11.1 Å². The summed E-state index contributed by atoms with van der Waals surface area (Å²) in [6, 6.07) is -1.01. The fraction of sp³-hybridized carbons (Fsp3) is 0.643. The van der Waals surface area contributed by atoms with Crippen LogP contribution in [0.4, 0.5) is 0 Å². The third-order valence-electron chi connectivity index (χ3n) is 3.66. The van der Waals surface area contributed by atoms with Gasteiger partial charge in [-0.1, -0.05) is 39.0 Å². The van der Waals surface area contributed by atoms with Crippen LogP contribution >= 0.6 is 11.3 Å². The molecular formula is C14H21N3O3S. The number of thiazole rings is 1. The number of aromatic nitrogens is 1. The van der Waals surface area contributed by atoms with E-state index in [9.17, 15) is 14.4 Å². The fourth-order valence-corrected chi connectivity index (χ4v) is 3.20. The molecule has 0 bridgehead atoms. The standard InChI is InChI=1S/C14H21N3O3S/c1-7(2)10-13(19)17(5-9-6-21-14(20)15-9)11(8(3)4)12(18)16-10/h6-8,10-11H,5H2,1-4H3,(H,15,20)(H,16,18). The number of amides is 2. The van der Waals surface area contributed by atoms with E-state index in [0.29, 0.717) is 5.69 Å². The van der Waals surface area contributed by atoms with Gasteiger partial charge < -0.3 is 15.2 Å². The zero-order chi connectivity index (χ0) is 15.7. The molecule has 116 valence electrons. The molecule has 7 heteroatoms. The minimum absolute atomic E-state index is 0.00687. The van der Waals surface area contributed by atoms with Crippen LogP contribution < -0.4 is 10.2 Å². The van der Waals surface area contributed by atoms with Crippen LogP contribution in [0.15, 0.2) is 10.2 Å². The number of hydrogen-bond acceptors (Lipinski definition) is 4. The maximum absolute atomic E-state index is 12.7. The number of H-pyrrole nitrogens is 1. The van der Waals surface area contributed by atoms with Crippen molar-refractivity contribution in [1.29, 1.82) is 0 Å². The molecule has 1 aromatic rings. The molecule has 0 radical (unpaired) electrons. The summed E-state index contributed by atoms with van der Waals surface area (Å²) in [5.74, 6) is -0.178. The summed E-state index contributed by atoms with van der Waals surface area (Å²) in [6.07, 6.45) is 0. The van der Waals surface area contributed by atoms with E-state index in [4.69, 9.17) is 0 Å². The van der Waals surface area contributed by atoms with Crippen molar-refractivity contribution in [2.24, 2.45) is 11.8 Å². The molecule has 2 rings (SSSR count). The average Bonchev–Trinajstić information content (AvgIpc) is 2.78. The van der Waals surface area contributed by atoms with Gasteiger partial charge in [0.05, 0.1) is 6.54 Å². The molecule has 0 saturated carbocycles. The molecule has 6 nitrogen and oxygen atoms in total. The summed E-state index contributed by atoms with van der Waals surface area (Å²) < 4.78 is 0. The van der Waals surface area contributed by atoms with Crippen LogP contribution in [-0.4, -0.2) is 33.8 Å². The second kappa shape index (κ2) is 6.01. The van der Waals surface area contributed by atoms with Gasteiger partial charge in [0.25, 0.3) is 0 Å². The first-order chi connectivity index (χ1) is 9.81. The lowest BCUT2D eigenvalue weighted by molar-refractivity contribution is -0.153. The van der Waals surface area contributed by atoms with E-state index in [0.717, 1.165) is 11.3 Å². The molecule has 1 fully saturated rings. The first-order valence-electron chi connectivity index (χ1n) is 7.08. The number of aromatic amines is 1. The molecule has 0 aromatic carbocycles. The summed E-state index contributed by atoms with van der Waals surface area (Å²) in [5.41, 5.74) is 0.668. The van der Waals surface area contributed by atoms with Gasteiger partial charge in [-0.3, -0.25) is 14.4 Å². The predicted molar refractivity (Wildman–Crippen MR) is 80.9 cm³/mol. The number of carbonyl (C=O) groups excluding carboxylic acids is 2.